The largest absolute Gasteiger partial charge is 0.482 e. The first-order valence-corrected chi connectivity index (χ1v) is 8.12. The number of aromatic nitrogens is 2. The Hall–Kier alpha value is -2.90. The minimum atomic E-state index is -0.419. The van der Waals surface area contributed by atoms with Crippen LogP contribution in [-0.2, 0) is 11.2 Å². The fourth-order valence-electron chi connectivity index (χ4n) is 2.45. The van der Waals surface area contributed by atoms with E-state index >= 15 is 0 Å². The number of nitrogens with one attached hydrogen (secondary N) is 2. The van der Waals surface area contributed by atoms with Crippen molar-refractivity contribution < 1.29 is 18.8 Å². The summed E-state index contributed by atoms with van der Waals surface area (Å²) in [5, 5.41) is 9.42. The van der Waals surface area contributed by atoms with E-state index in [0.29, 0.717) is 34.6 Å². The number of hydrogen-bond donors (Lipinski definition) is 2. The number of carbonyl (C=O) groups is 2. The van der Waals surface area contributed by atoms with E-state index < -0.39 is 6.04 Å². The molecule has 0 spiro atoms. The lowest BCUT2D eigenvalue weighted by Gasteiger charge is -2.18. The minimum Gasteiger partial charge on any atom is -0.482 e. The molecule has 2 amide bonds. The number of ether oxygens (including phenoxy) is 1. The summed E-state index contributed by atoms with van der Waals surface area (Å²) in [6.07, 6.45) is 0.720. The molecule has 132 valence electrons. The number of hydrogen-bond acceptors (Lipinski definition) is 6. The molecular formula is C17H20N4O4. The first-order chi connectivity index (χ1) is 11.9. The molecule has 1 unspecified atom stereocenters. The normalized spacial score (nSPS) is 14.5. The van der Waals surface area contributed by atoms with E-state index in [1.165, 1.54) is 0 Å². The van der Waals surface area contributed by atoms with E-state index in [2.05, 4.69) is 34.6 Å². The van der Waals surface area contributed by atoms with Crippen molar-refractivity contribution in [2.75, 3.05) is 11.9 Å². The maximum absolute atomic E-state index is 12.4. The average Bonchev–Trinajstić information content (AvgIpc) is 3.02. The summed E-state index contributed by atoms with van der Waals surface area (Å²) in [5.74, 6) is 1.38. The summed E-state index contributed by atoms with van der Waals surface area (Å²) in [6, 6.07) is 4.43. The molecule has 25 heavy (non-hydrogen) atoms. The monoisotopic (exact) mass is 344 g/mol. The van der Waals surface area contributed by atoms with Crippen LogP contribution in [0.15, 0.2) is 22.7 Å². The molecule has 0 aliphatic carbocycles. The third-order valence-electron chi connectivity index (χ3n) is 3.67. The number of anilines is 1. The molecule has 3 rings (SSSR count). The second-order valence-electron chi connectivity index (χ2n) is 6.39. The van der Waals surface area contributed by atoms with Crippen molar-refractivity contribution in [3.05, 3.63) is 35.5 Å². The van der Waals surface area contributed by atoms with Gasteiger partial charge in [-0.2, -0.15) is 4.98 Å². The summed E-state index contributed by atoms with van der Waals surface area (Å²) in [6.45, 7) is 5.86. The molecule has 0 radical (unpaired) electrons. The minimum absolute atomic E-state index is 0.0604. The molecule has 1 aliphatic rings. The summed E-state index contributed by atoms with van der Waals surface area (Å²) in [4.78, 5) is 28.0. The molecule has 2 aromatic rings. The number of rotatable bonds is 5. The molecule has 1 aliphatic heterocycles. The van der Waals surface area contributed by atoms with Crippen molar-refractivity contribution >= 4 is 17.5 Å². The average molecular weight is 344 g/mol. The smallest absolute Gasteiger partial charge is 0.262 e. The molecule has 8 nitrogen and oxygen atoms in total. The van der Waals surface area contributed by atoms with E-state index in [0.717, 1.165) is 6.42 Å². The Balaban J connectivity index is 1.67. The van der Waals surface area contributed by atoms with Gasteiger partial charge in [0.1, 0.15) is 11.8 Å². The topological polar surface area (TPSA) is 106 Å². The first-order valence-electron chi connectivity index (χ1n) is 8.12. The predicted octanol–water partition coefficient (Wildman–Crippen LogP) is 2.09. The SMILES string of the molecule is CC(C)Cc1noc(C(C)NC(=O)c2ccc3c(c2)OCC(=O)N3)n1. The molecule has 0 saturated heterocycles. The van der Waals surface area contributed by atoms with Crippen LogP contribution in [-0.4, -0.2) is 28.6 Å². The number of nitrogens with zero attached hydrogens (tertiary/aromatic N) is 2. The lowest BCUT2D eigenvalue weighted by Crippen LogP contribution is -2.28. The van der Waals surface area contributed by atoms with Crippen LogP contribution in [0, 0.1) is 5.92 Å². The molecule has 2 N–H and O–H groups in total. The summed E-state index contributed by atoms with van der Waals surface area (Å²) >= 11 is 0. The highest BCUT2D eigenvalue weighted by molar-refractivity contribution is 5.99. The third-order valence-corrected chi connectivity index (χ3v) is 3.67. The van der Waals surface area contributed by atoms with Crippen LogP contribution in [0.2, 0.25) is 0 Å². The highest BCUT2D eigenvalue weighted by Crippen LogP contribution is 2.28. The van der Waals surface area contributed by atoms with Crippen LogP contribution < -0.4 is 15.4 Å². The van der Waals surface area contributed by atoms with E-state index in [4.69, 9.17) is 9.26 Å². The first kappa shape index (κ1) is 16.9. The van der Waals surface area contributed by atoms with Crippen molar-refractivity contribution in [2.24, 2.45) is 5.92 Å². The molecule has 0 saturated carbocycles. The molecule has 8 heteroatoms. The number of carbonyl (C=O) groups excluding carboxylic acids is 2. The van der Waals surface area contributed by atoms with Gasteiger partial charge in [-0.05, 0) is 31.0 Å². The fraction of sp³-hybridized carbons (Fsp3) is 0.412. The maximum atomic E-state index is 12.4. The van der Waals surface area contributed by atoms with Gasteiger partial charge in [-0.1, -0.05) is 19.0 Å². The van der Waals surface area contributed by atoms with Crippen LogP contribution in [0.4, 0.5) is 5.69 Å². The zero-order valence-corrected chi connectivity index (χ0v) is 14.3. The Morgan fingerprint density at radius 2 is 2.16 bits per heavy atom. The lowest BCUT2D eigenvalue weighted by molar-refractivity contribution is -0.118. The standard InChI is InChI=1S/C17H20N4O4/c1-9(2)6-14-20-17(25-21-14)10(3)18-16(23)11-4-5-12-13(7-11)24-8-15(22)19-12/h4-5,7,9-10H,6,8H2,1-3H3,(H,18,23)(H,19,22). The highest BCUT2D eigenvalue weighted by atomic mass is 16.5. The van der Waals surface area contributed by atoms with Crippen LogP contribution in [0.3, 0.4) is 0 Å². The second-order valence-corrected chi connectivity index (χ2v) is 6.39. The van der Waals surface area contributed by atoms with Crippen LogP contribution >= 0.6 is 0 Å². The van der Waals surface area contributed by atoms with Crippen molar-refractivity contribution in [1.82, 2.24) is 15.5 Å². The van der Waals surface area contributed by atoms with Gasteiger partial charge in [0.05, 0.1) is 5.69 Å². The van der Waals surface area contributed by atoms with Gasteiger partial charge >= 0.3 is 0 Å². The molecule has 1 atom stereocenters. The molecule has 0 fully saturated rings. The Bertz CT molecular complexity index is 800. The predicted molar refractivity (Wildman–Crippen MR) is 89.3 cm³/mol. The third kappa shape index (κ3) is 3.96. The highest BCUT2D eigenvalue weighted by Gasteiger charge is 2.21. The number of amides is 2. The van der Waals surface area contributed by atoms with Gasteiger partial charge in [0.15, 0.2) is 12.4 Å². The van der Waals surface area contributed by atoms with Crippen LogP contribution in [0.5, 0.6) is 5.75 Å². The van der Waals surface area contributed by atoms with E-state index in [9.17, 15) is 9.59 Å². The maximum Gasteiger partial charge on any atom is 0.262 e. The van der Waals surface area contributed by atoms with Gasteiger partial charge < -0.3 is 19.9 Å². The van der Waals surface area contributed by atoms with E-state index in [1.807, 2.05) is 0 Å². The van der Waals surface area contributed by atoms with Crippen molar-refractivity contribution in [1.29, 1.82) is 0 Å². The quantitative estimate of drug-likeness (QED) is 0.860. The van der Waals surface area contributed by atoms with Crippen molar-refractivity contribution in [3.63, 3.8) is 0 Å². The van der Waals surface area contributed by atoms with E-state index in [1.54, 1.807) is 25.1 Å². The van der Waals surface area contributed by atoms with Crippen molar-refractivity contribution in [2.45, 2.75) is 33.2 Å². The Morgan fingerprint density at radius 1 is 1.36 bits per heavy atom. The Labute approximate surface area is 144 Å². The van der Waals surface area contributed by atoms with Gasteiger partial charge in [0.2, 0.25) is 5.89 Å². The van der Waals surface area contributed by atoms with E-state index in [-0.39, 0.29) is 18.4 Å². The number of fused-ring (bicyclic) bond motifs is 1. The van der Waals surface area contributed by atoms with Crippen molar-refractivity contribution in [3.8, 4) is 5.75 Å². The zero-order chi connectivity index (χ0) is 18.0. The van der Waals surface area contributed by atoms with Gasteiger partial charge in [0.25, 0.3) is 11.8 Å². The van der Waals surface area contributed by atoms with Crippen LogP contribution in [0.1, 0.15) is 48.9 Å². The number of benzene rings is 1. The summed E-state index contributed by atoms with van der Waals surface area (Å²) < 4.78 is 10.5. The molecule has 1 aromatic heterocycles. The summed E-state index contributed by atoms with van der Waals surface area (Å²) in [7, 11) is 0. The van der Waals surface area contributed by atoms with Gasteiger partial charge in [-0.3, -0.25) is 9.59 Å². The second kappa shape index (κ2) is 6.92. The van der Waals surface area contributed by atoms with Gasteiger partial charge in [-0.15, -0.1) is 0 Å². The Kier molecular flexibility index (Phi) is 4.69. The molecule has 1 aromatic carbocycles. The molecule has 0 bridgehead atoms. The fourth-order valence-corrected chi connectivity index (χ4v) is 2.45. The molecule has 2 heterocycles. The Morgan fingerprint density at radius 3 is 2.92 bits per heavy atom. The zero-order valence-electron chi connectivity index (χ0n) is 14.3. The van der Waals surface area contributed by atoms with Gasteiger partial charge in [0, 0.05) is 12.0 Å². The lowest BCUT2D eigenvalue weighted by atomic mass is 10.1. The molecular weight excluding hydrogens is 324 g/mol. The summed E-state index contributed by atoms with van der Waals surface area (Å²) in [5.41, 5.74) is 0.972. The van der Waals surface area contributed by atoms with Crippen LogP contribution in [0.25, 0.3) is 0 Å². The van der Waals surface area contributed by atoms with Gasteiger partial charge in [-0.25, -0.2) is 0 Å².